The number of fused-ring (bicyclic) bond motifs is 1. The first-order valence-corrected chi connectivity index (χ1v) is 11.6. The second-order valence-corrected chi connectivity index (χ2v) is 9.63. The van der Waals surface area contributed by atoms with Gasteiger partial charge in [0, 0.05) is 31.6 Å². The molecule has 1 spiro atoms. The van der Waals surface area contributed by atoms with E-state index in [9.17, 15) is 4.79 Å². The molecule has 4 nitrogen and oxygen atoms in total. The Morgan fingerprint density at radius 1 is 1.07 bits per heavy atom. The Kier molecular flexibility index (Phi) is 4.97. The zero-order chi connectivity index (χ0) is 19.8. The van der Waals surface area contributed by atoms with Gasteiger partial charge in [-0.05, 0) is 62.6 Å². The first-order chi connectivity index (χ1) is 14.1. The number of benzene rings is 1. The number of rotatable bonds is 3. The number of hydrogen-bond acceptors (Lipinski definition) is 3. The molecule has 2 aromatic rings. The summed E-state index contributed by atoms with van der Waals surface area (Å²) < 4.78 is 0. The van der Waals surface area contributed by atoms with Gasteiger partial charge >= 0.3 is 0 Å². The Morgan fingerprint density at radius 3 is 2.76 bits per heavy atom. The molecule has 1 aromatic carbocycles. The molecule has 2 aliphatic heterocycles. The van der Waals surface area contributed by atoms with Crippen molar-refractivity contribution in [1.29, 1.82) is 0 Å². The molecule has 154 valence electrons. The third-order valence-corrected chi connectivity index (χ3v) is 7.61. The number of pyridine rings is 1. The summed E-state index contributed by atoms with van der Waals surface area (Å²) in [6, 6.07) is 10.6. The molecule has 4 heteroatoms. The van der Waals surface area contributed by atoms with E-state index in [1.165, 1.54) is 43.1 Å². The summed E-state index contributed by atoms with van der Waals surface area (Å²) in [4.78, 5) is 23.1. The number of likely N-dealkylation sites (tertiary alicyclic amines) is 1. The van der Waals surface area contributed by atoms with Gasteiger partial charge in [0.15, 0.2) is 0 Å². The van der Waals surface area contributed by atoms with Gasteiger partial charge in [-0.2, -0.15) is 0 Å². The van der Waals surface area contributed by atoms with Crippen LogP contribution in [0.15, 0.2) is 30.3 Å². The number of nitrogens with zero attached hydrogens (tertiary/aromatic N) is 3. The van der Waals surface area contributed by atoms with Crippen molar-refractivity contribution in [3.8, 4) is 0 Å². The monoisotopic (exact) mass is 391 g/mol. The molecule has 1 atom stereocenters. The Hall–Kier alpha value is -2.10. The summed E-state index contributed by atoms with van der Waals surface area (Å²) in [5.41, 5.74) is 2.13. The summed E-state index contributed by atoms with van der Waals surface area (Å²) in [5, 5.41) is 1.22. The lowest BCUT2D eigenvalue weighted by Crippen LogP contribution is -2.51. The van der Waals surface area contributed by atoms with E-state index in [2.05, 4.69) is 47.1 Å². The zero-order valence-electron chi connectivity index (χ0n) is 17.7. The molecule has 1 aliphatic carbocycles. The van der Waals surface area contributed by atoms with Crippen LogP contribution in [-0.4, -0.2) is 42.0 Å². The molecule has 0 N–H and O–H groups in total. The van der Waals surface area contributed by atoms with Crippen molar-refractivity contribution in [2.45, 2.75) is 58.3 Å². The first-order valence-electron chi connectivity index (χ1n) is 11.6. The molecule has 1 saturated carbocycles. The molecule has 0 bridgehead atoms. The topological polar surface area (TPSA) is 36.4 Å². The minimum absolute atomic E-state index is 0.186. The predicted octanol–water partition coefficient (Wildman–Crippen LogP) is 4.94. The van der Waals surface area contributed by atoms with E-state index in [-0.39, 0.29) is 5.41 Å². The van der Waals surface area contributed by atoms with Crippen LogP contribution in [0.5, 0.6) is 0 Å². The van der Waals surface area contributed by atoms with Crippen molar-refractivity contribution in [1.82, 2.24) is 9.88 Å². The molecule has 1 aromatic heterocycles. The summed E-state index contributed by atoms with van der Waals surface area (Å²) in [5.74, 6) is 2.19. The molecular formula is C25H33N3O. The molecule has 5 rings (SSSR count). The minimum atomic E-state index is -0.186. The molecule has 29 heavy (non-hydrogen) atoms. The standard InChI is InChI=1S/C25H33N3O/c1-19-16-23(26-22-11-6-5-10-21(19)22)28-15-13-25(18-28)12-7-14-27(24(25)29)17-20-8-3-2-4-9-20/h5-6,10-11,16,20H,2-4,7-9,12-15,17-18H2,1H3. The van der Waals surface area contributed by atoms with Crippen LogP contribution in [0.4, 0.5) is 5.82 Å². The fourth-order valence-electron chi connectivity index (χ4n) is 5.95. The third-order valence-electron chi connectivity index (χ3n) is 7.61. The van der Waals surface area contributed by atoms with Crippen LogP contribution < -0.4 is 4.90 Å². The van der Waals surface area contributed by atoms with Gasteiger partial charge < -0.3 is 9.80 Å². The number of carbonyl (C=O) groups is 1. The Labute approximate surface area is 174 Å². The molecule has 0 radical (unpaired) electrons. The van der Waals surface area contributed by atoms with Crippen LogP contribution in [0, 0.1) is 18.3 Å². The highest BCUT2D eigenvalue weighted by atomic mass is 16.2. The zero-order valence-corrected chi connectivity index (χ0v) is 17.7. The Bertz CT molecular complexity index is 904. The lowest BCUT2D eigenvalue weighted by molar-refractivity contribution is -0.145. The molecule has 3 aliphatic rings. The molecule has 3 heterocycles. The maximum absolute atomic E-state index is 13.6. The van der Waals surface area contributed by atoms with Gasteiger partial charge in [0.1, 0.15) is 5.82 Å². The lowest BCUT2D eigenvalue weighted by Gasteiger charge is -2.41. The summed E-state index contributed by atoms with van der Waals surface area (Å²) in [6.07, 6.45) is 9.85. The van der Waals surface area contributed by atoms with Crippen molar-refractivity contribution in [3.05, 3.63) is 35.9 Å². The number of aromatic nitrogens is 1. The number of anilines is 1. The molecule has 2 saturated heterocycles. The van der Waals surface area contributed by atoms with E-state index in [1.54, 1.807) is 0 Å². The quantitative estimate of drug-likeness (QED) is 0.743. The van der Waals surface area contributed by atoms with Crippen LogP contribution in [0.25, 0.3) is 10.9 Å². The third kappa shape index (κ3) is 3.51. The van der Waals surface area contributed by atoms with Gasteiger partial charge in [0.2, 0.25) is 5.91 Å². The van der Waals surface area contributed by atoms with Gasteiger partial charge in [0.25, 0.3) is 0 Å². The molecule has 1 amide bonds. The average Bonchev–Trinajstić information content (AvgIpc) is 3.17. The fraction of sp³-hybridized carbons (Fsp3) is 0.600. The van der Waals surface area contributed by atoms with Crippen molar-refractivity contribution < 1.29 is 4.79 Å². The fourth-order valence-corrected chi connectivity index (χ4v) is 5.95. The maximum atomic E-state index is 13.6. The van der Waals surface area contributed by atoms with E-state index < -0.39 is 0 Å². The van der Waals surface area contributed by atoms with E-state index in [0.717, 1.165) is 62.7 Å². The Balaban J connectivity index is 1.34. The Morgan fingerprint density at radius 2 is 1.90 bits per heavy atom. The van der Waals surface area contributed by atoms with Crippen LogP contribution in [-0.2, 0) is 4.79 Å². The van der Waals surface area contributed by atoms with Crippen molar-refractivity contribution in [2.75, 3.05) is 31.1 Å². The van der Waals surface area contributed by atoms with Crippen molar-refractivity contribution >= 4 is 22.6 Å². The highest BCUT2D eigenvalue weighted by Gasteiger charge is 2.48. The van der Waals surface area contributed by atoms with Crippen LogP contribution >= 0.6 is 0 Å². The minimum Gasteiger partial charge on any atom is -0.355 e. The maximum Gasteiger partial charge on any atom is 0.230 e. The summed E-state index contributed by atoms with van der Waals surface area (Å²) >= 11 is 0. The first kappa shape index (κ1) is 18.9. The second kappa shape index (κ2) is 7.62. The normalized spacial score (nSPS) is 26.0. The number of hydrogen-bond donors (Lipinski definition) is 0. The van der Waals surface area contributed by atoms with Crippen LogP contribution in [0.3, 0.4) is 0 Å². The second-order valence-electron chi connectivity index (χ2n) is 9.63. The van der Waals surface area contributed by atoms with Gasteiger partial charge in [-0.25, -0.2) is 4.98 Å². The largest absolute Gasteiger partial charge is 0.355 e. The van der Waals surface area contributed by atoms with Crippen LogP contribution in [0.1, 0.15) is 56.9 Å². The van der Waals surface area contributed by atoms with E-state index in [4.69, 9.17) is 4.98 Å². The van der Waals surface area contributed by atoms with Gasteiger partial charge in [-0.15, -0.1) is 0 Å². The van der Waals surface area contributed by atoms with Crippen molar-refractivity contribution in [2.24, 2.45) is 11.3 Å². The average molecular weight is 392 g/mol. The highest BCUT2D eigenvalue weighted by Crippen LogP contribution is 2.42. The SMILES string of the molecule is Cc1cc(N2CCC3(CCCN(CC4CCCCC4)C3=O)C2)nc2ccccc12. The van der Waals surface area contributed by atoms with E-state index >= 15 is 0 Å². The van der Waals surface area contributed by atoms with E-state index in [0.29, 0.717) is 5.91 Å². The molecule has 1 unspecified atom stereocenters. The van der Waals surface area contributed by atoms with Gasteiger partial charge in [0.05, 0.1) is 10.9 Å². The molecule has 3 fully saturated rings. The number of amides is 1. The number of piperidine rings is 1. The highest BCUT2D eigenvalue weighted by molar-refractivity contribution is 5.86. The summed E-state index contributed by atoms with van der Waals surface area (Å²) in [6.45, 7) is 5.89. The number of carbonyl (C=O) groups excluding carboxylic acids is 1. The lowest BCUT2D eigenvalue weighted by atomic mass is 9.77. The number of aryl methyl sites for hydroxylation is 1. The summed E-state index contributed by atoms with van der Waals surface area (Å²) in [7, 11) is 0. The smallest absolute Gasteiger partial charge is 0.230 e. The van der Waals surface area contributed by atoms with Gasteiger partial charge in [-0.3, -0.25) is 4.79 Å². The number of para-hydroxylation sites is 1. The van der Waals surface area contributed by atoms with E-state index in [1.807, 2.05) is 0 Å². The van der Waals surface area contributed by atoms with Crippen molar-refractivity contribution in [3.63, 3.8) is 0 Å². The van der Waals surface area contributed by atoms with Crippen LogP contribution in [0.2, 0.25) is 0 Å². The molecular weight excluding hydrogens is 358 g/mol. The predicted molar refractivity (Wildman–Crippen MR) is 118 cm³/mol. The van der Waals surface area contributed by atoms with Gasteiger partial charge in [-0.1, -0.05) is 37.5 Å².